The van der Waals surface area contributed by atoms with Crippen LogP contribution in [-0.2, 0) is 0 Å². The van der Waals surface area contributed by atoms with Crippen molar-refractivity contribution >= 4 is 22.3 Å². The normalized spacial score (nSPS) is 13.1. The molecule has 3 heteroatoms. The zero-order valence-corrected chi connectivity index (χ0v) is 12.2. The molecule has 0 aliphatic heterocycles. The van der Waals surface area contributed by atoms with Gasteiger partial charge in [-0.2, -0.15) is 0 Å². The molecule has 0 aliphatic carbocycles. The van der Waals surface area contributed by atoms with Crippen LogP contribution in [0.15, 0.2) is 34.7 Å². The lowest BCUT2D eigenvalue weighted by atomic mass is 10.1. The van der Waals surface area contributed by atoms with Crippen LogP contribution in [0.1, 0.15) is 32.7 Å². The van der Waals surface area contributed by atoms with Gasteiger partial charge >= 0.3 is 0 Å². The van der Waals surface area contributed by atoms with Crippen LogP contribution >= 0.6 is 11.3 Å². The first-order chi connectivity index (χ1) is 9.06. The number of fused-ring (bicyclic) bond motifs is 1. The Morgan fingerprint density at radius 2 is 1.89 bits per heavy atom. The maximum Gasteiger partial charge on any atom is 0.134 e. The molecule has 0 radical (unpaired) electrons. The van der Waals surface area contributed by atoms with Crippen LogP contribution in [0.3, 0.4) is 0 Å². The van der Waals surface area contributed by atoms with Crippen LogP contribution in [0.4, 0.5) is 0 Å². The van der Waals surface area contributed by atoms with Crippen molar-refractivity contribution in [3.8, 4) is 0 Å². The van der Waals surface area contributed by atoms with Crippen LogP contribution in [-0.4, -0.2) is 0 Å². The number of rotatable bonds is 2. The van der Waals surface area contributed by atoms with E-state index in [4.69, 9.17) is 10.2 Å². The number of aryl methyl sites for hydroxylation is 3. The Morgan fingerprint density at radius 1 is 1.11 bits per heavy atom. The molecule has 2 nitrogen and oxygen atoms in total. The summed E-state index contributed by atoms with van der Waals surface area (Å²) < 4.78 is 5.96. The van der Waals surface area contributed by atoms with Gasteiger partial charge in [-0.15, -0.1) is 11.3 Å². The molecule has 0 saturated heterocycles. The molecule has 1 unspecified atom stereocenters. The van der Waals surface area contributed by atoms with Crippen LogP contribution in [0.2, 0.25) is 0 Å². The molecule has 3 rings (SSSR count). The molecular formula is C16H17NOS. The van der Waals surface area contributed by atoms with Crippen molar-refractivity contribution in [3.05, 3.63) is 57.0 Å². The zero-order valence-electron chi connectivity index (χ0n) is 11.4. The largest absolute Gasteiger partial charge is 0.459 e. The molecular weight excluding hydrogens is 254 g/mol. The smallest absolute Gasteiger partial charge is 0.134 e. The van der Waals surface area contributed by atoms with Gasteiger partial charge in [0, 0.05) is 20.7 Å². The van der Waals surface area contributed by atoms with Crippen LogP contribution < -0.4 is 5.73 Å². The molecule has 1 aromatic carbocycles. The minimum absolute atomic E-state index is 0.175. The maximum atomic E-state index is 6.35. The number of benzene rings is 1. The molecule has 98 valence electrons. The van der Waals surface area contributed by atoms with Crippen molar-refractivity contribution in [1.29, 1.82) is 0 Å². The first-order valence-corrected chi connectivity index (χ1v) is 7.19. The second-order valence-corrected chi connectivity index (χ2v) is 6.34. The van der Waals surface area contributed by atoms with Crippen molar-refractivity contribution in [2.45, 2.75) is 26.8 Å². The number of hydrogen-bond donors (Lipinski definition) is 1. The summed E-state index contributed by atoms with van der Waals surface area (Å²) in [5.74, 6) is 0.877. The average Bonchev–Trinajstić information content (AvgIpc) is 2.94. The lowest BCUT2D eigenvalue weighted by molar-refractivity contribution is 0.524. The van der Waals surface area contributed by atoms with Gasteiger partial charge in [-0.3, -0.25) is 0 Å². The molecule has 19 heavy (non-hydrogen) atoms. The highest BCUT2D eigenvalue weighted by Crippen LogP contribution is 2.34. The Balaban J connectivity index is 2.12. The van der Waals surface area contributed by atoms with Gasteiger partial charge < -0.3 is 10.2 Å². The monoisotopic (exact) mass is 271 g/mol. The molecule has 0 amide bonds. The van der Waals surface area contributed by atoms with Crippen LogP contribution in [0.5, 0.6) is 0 Å². The van der Waals surface area contributed by atoms with Gasteiger partial charge in [0.25, 0.3) is 0 Å². The molecule has 2 N–H and O–H groups in total. The number of hydrogen-bond acceptors (Lipinski definition) is 3. The standard InChI is InChI=1S/C16H17NOS/c1-9-4-6-13-12(8-9)11(3)16(18-13)15(17)14-7-5-10(2)19-14/h4-8,15H,17H2,1-3H3. The Morgan fingerprint density at radius 3 is 2.58 bits per heavy atom. The molecule has 0 saturated carbocycles. The van der Waals surface area contributed by atoms with Crippen molar-refractivity contribution in [2.24, 2.45) is 5.73 Å². The summed E-state index contributed by atoms with van der Waals surface area (Å²) in [6, 6.07) is 10.3. The highest BCUT2D eigenvalue weighted by Gasteiger charge is 2.19. The minimum Gasteiger partial charge on any atom is -0.459 e. The summed E-state index contributed by atoms with van der Waals surface area (Å²) in [4.78, 5) is 2.42. The lowest BCUT2D eigenvalue weighted by Crippen LogP contribution is -2.10. The van der Waals surface area contributed by atoms with Crippen molar-refractivity contribution < 1.29 is 4.42 Å². The van der Waals surface area contributed by atoms with E-state index in [2.05, 4.69) is 45.0 Å². The van der Waals surface area contributed by atoms with Gasteiger partial charge in [0.05, 0.1) is 6.04 Å². The highest BCUT2D eigenvalue weighted by molar-refractivity contribution is 7.12. The van der Waals surface area contributed by atoms with E-state index < -0.39 is 0 Å². The summed E-state index contributed by atoms with van der Waals surface area (Å²) in [5, 5.41) is 1.17. The predicted octanol–water partition coefficient (Wildman–Crippen LogP) is 4.47. The summed E-state index contributed by atoms with van der Waals surface area (Å²) >= 11 is 1.73. The van der Waals surface area contributed by atoms with Crippen LogP contribution in [0, 0.1) is 20.8 Å². The van der Waals surface area contributed by atoms with E-state index in [1.807, 2.05) is 6.07 Å². The molecule has 2 aromatic heterocycles. The van der Waals surface area contributed by atoms with Gasteiger partial charge in [-0.1, -0.05) is 11.6 Å². The summed E-state index contributed by atoms with van der Waals surface area (Å²) in [5.41, 5.74) is 9.66. The molecule has 2 heterocycles. The summed E-state index contributed by atoms with van der Waals surface area (Å²) in [6.07, 6.45) is 0. The van der Waals surface area contributed by atoms with E-state index in [1.54, 1.807) is 11.3 Å². The Hall–Kier alpha value is -1.58. The number of furan rings is 1. The maximum absolute atomic E-state index is 6.35. The van der Waals surface area contributed by atoms with Crippen LogP contribution in [0.25, 0.3) is 11.0 Å². The average molecular weight is 271 g/mol. The topological polar surface area (TPSA) is 39.2 Å². The van der Waals surface area contributed by atoms with Crippen molar-refractivity contribution in [2.75, 3.05) is 0 Å². The molecule has 1 atom stereocenters. The number of nitrogens with two attached hydrogens (primary N) is 1. The van der Waals surface area contributed by atoms with Gasteiger partial charge in [0.15, 0.2) is 0 Å². The Bertz CT molecular complexity index is 738. The number of thiophene rings is 1. The van der Waals surface area contributed by atoms with E-state index >= 15 is 0 Å². The second-order valence-electron chi connectivity index (χ2n) is 5.02. The van der Waals surface area contributed by atoms with E-state index in [0.29, 0.717) is 0 Å². The summed E-state index contributed by atoms with van der Waals surface area (Å²) in [7, 11) is 0. The first-order valence-electron chi connectivity index (χ1n) is 6.38. The molecule has 0 aliphatic rings. The van der Waals surface area contributed by atoms with Gasteiger partial charge in [0.2, 0.25) is 0 Å². The van der Waals surface area contributed by atoms with E-state index in [-0.39, 0.29) is 6.04 Å². The highest BCUT2D eigenvalue weighted by atomic mass is 32.1. The second kappa shape index (κ2) is 4.51. The third kappa shape index (κ3) is 2.09. The molecule has 0 bridgehead atoms. The van der Waals surface area contributed by atoms with E-state index in [0.717, 1.165) is 21.8 Å². The minimum atomic E-state index is -0.175. The zero-order chi connectivity index (χ0) is 13.6. The predicted molar refractivity (Wildman–Crippen MR) is 80.8 cm³/mol. The fourth-order valence-electron chi connectivity index (χ4n) is 2.40. The van der Waals surface area contributed by atoms with Gasteiger partial charge in [0.1, 0.15) is 11.3 Å². The van der Waals surface area contributed by atoms with Gasteiger partial charge in [-0.05, 0) is 45.0 Å². The Kier molecular flexibility index (Phi) is 2.96. The SMILES string of the molecule is Cc1ccc2oc(C(N)c3ccc(C)s3)c(C)c2c1. The molecule has 0 fully saturated rings. The Labute approximate surface area is 116 Å². The third-order valence-corrected chi connectivity index (χ3v) is 4.56. The lowest BCUT2D eigenvalue weighted by Gasteiger charge is -2.07. The van der Waals surface area contributed by atoms with Crippen molar-refractivity contribution in [3.63, 3.8) is 0 Å². The first kappa shape index (κ1) is 12.5. The summed E-state index contributed by atoms with van der Waals surface area (Å²) in [6.45, 7) is 6.27. The van der Waals surface area contributed by atoms with E-state index in [1.165, 1.54) is 15.8 Å². The van der Waals surface area contributed by atoms with Crippen molar-refractivity contribution in [1.82, 2.24) is 0 Å². The third-order valence-electron chi connectivity index (χ3n) is 3.48. The fourth-order valence-corrected chi connectivity index (χ4v) is 3.28. The van der Waals surface area contributed by atoms with Gasteiger partial charge in [-0.25, -0.2) is 0 Å². The van der Waals surface area contributed by atoms with E-state index in [9.17, 15) is 0 Å². The fraction of sp³-hybridized carbons (Fsp3) is 0.250. The molecule has 0 spiro atoms. The molecule has 3 aromatic rings. The quantitative estimate of drug-likeness (QED) is 0.747.